The van der Waals surface area contributed by atoms with Crippen LogP contribution in [0.15, 0.2) is 48.0 Å². The number of benzene rings is 1. The van der Waals surface area contributed by atoms with E-state index >= 15 is 0 Å². The van der Waals surface area contributed by atoms with E-state index in [0.717, 1.165) is 13.0 Å². The summed E-state index contributed by atoms with van der Waals surface area (Å²) >= 11 is 1.67. The molecule has 3 aromatic rings. The molecule has 4 heteroatoms. The predicted octanol–water partition coefficient (Wildman–Crippen LogP) is 3.97. The Morgan fingerprint density at radius 2 is 2.09 bits per heavy atom. The lowest BCUT2D eigenvalue weighted by Gasteiger charge is -2.03. The lowest BCUT2D eigenvalue weighted by atomic mass is 10.1. The van der Waals surface area contributed by atoms with Crippen molar-refractivity contribution in [2.45, 2.75) is 32.9 Å². The highest BCUT2D eigenvalue weighted by atomic mass is 32.1. The highest BCUT2D eigenvalue weighted by molar-refractivity contribution is 7.09. The molecule has 1 N–H and O–H groups in total. The zero-order valence-corrected chi connectivity index (χ0v) is 13.5. The van der Waals surface area contributed by atoms with Gasteiger partial charge in [-0.1, -0.05) is 24.3 Å². The maximum absolute atomic E-state index is 12.0. The van der Waals surface area contributed by atoms with Crippen molar-refractivity contribution in [1.29, 1.82) is 0 Å². The molecule has 2 aromatic heterocycles. The fraction of sp³-hybridized carbons (Fsp3) is 0.278. The van der Waals surface area contributed by atoms with Gasteiger partial charge in [-0.25, -0.2) is 0 Å². The lowest BCUT2D eigenvalue weighted by Crippen LogP contribution is -2.22. The number of carbonyl (C=O) groups is 1. The van der Waals surface area contributed by atoms with Crippen molar-refractivity contribution in [1.82, 2.24) is 9.88 Å². The average molecular weight is 312 g/mol. The van der Waals surface area contributed by atoms with Crippen LogP contribution < -0.4 is 5.32 Å². The van der Waals surface area contributed by atoms with E-state index in [-0.39, 0.29) is 5.91 Å². The molecule has 0 fully saturated rings. The maximum Gasteiger partial charge on any atom is 0.220 e. The van der Waals surface area contributed by atoms with Gasteiger partial charge in [-0.3, -0.25) is 4.79 Å². The molecule has 1 amide bonds. The third-order valence-corrected chi connectivity index (χ3v) is 4.75. The third-order valence-electron chi connectivity index (χ3n) is 3.87. The third kappa shape index (κ3) is 3.22. The molecule has 0 aliphatic heterocycles. The second kappa shape index (κ2) is 6.79. The summed E-state index contributed by atoms with van der Waals surface area (Å²) in [6.45, 7) is 3.72. The molecule has 2 heterocycles. The number of thiophene rings is 1. The number of aryl methyl sites for hydroxylation is 2. The standard InChI is InChI=1S/C18H20N2OS/c1-2-20-13-14(16-7-3-4-8-17(16)20)9-10-18(21)19-12-15-6-5-11-22-15/h3-8,11,13H,2,9-10,12H2,1H3,(H,19,21). The fourth-order valence-corrected chi connectivity index (χ4v) is 3.36. The van der Waals surface area contributed by atoms with Crippen molar-refractivity contribution in [3.8, 4) is 0 Å². The van der Waals surface area contributed by atoms with Crippen LogP contribution >= 0.6 is 11.3 Å². The van der Waals surface area contributed by atoms with Crippen LogP contribution in [0, 0.1) is 0 Å². The Morgan fingerprint density at radius 3 is 2.86 bits per heavy atom. The first-order chi connectivity index (χ1) is 10.8. The van der Waals surface area contributed by atoms with Gasteiger partial charge in [-0.15, -0.1) is 11.3 Å². The van der Waals surface area contributed by atoms with Crippen LogP contribution in [0.25, 0.3) is 10.9 Å². The SMILES string of the molecule is CCn1cc(CCC(=O)NCc2cccs2)c2ccccc21. The Bertz CT molecular complexity index is 759. The van der Waals surface area contributed by atoms with Crippen LogP contribution in [-0.2, 0) is 24.3 Å². The largest absolute Gasteiger partial charge is 0.351 e. The van der Waals surface area contributed by atoms with Crippen LogP contribution in [-0.4, -0.2) is 10.5 Å². The number of hydrogen-bond acceptors (Lipinski definition) is 2. The Kier molecular flexibility index (Phi) is 4.59. The van der Waals surface area contributed by atoms with Gasteiger partial charge in [0, 0.05) is 34.9 Å². The van der Waals surface area contributed by atoms with E-state index in [9.17, 15) is 4.79 Å². The first-order valence-corrected chi connectivity index (χ1v) is 8.51. The van der Waals surface area contributed by atoms with Crippen LogP contribution in [0.4, 0.5) is 0 Å². The summed E-state index contributed by atoms with van der Waals surface area (Å²) in [7, 11) is 0. The number of amides is 1. The van der Waals surface area contributed by atoms with E-state index in [4.69, 9.17) is 0 Å². The normalized spacial score (nSPS) is 11.0. The smallest absolute Gasteiger partial charge is 0.220 e. The molecule has 1 aromatic carbocycles. The van der Waals surface area contributed by atoms with Gasteiger partial charge in [0.2, 0.25) is 5.91 Å². The zero-order valence-electron chi connectivity index (χ0n) is 12.7. The first kappa shape index (κ1) is 14.9. The molecular formula is C18H20N2OS. The second-order valence-electron chi connectivity index (χ2n) is 5.31. The Morgan fingerprint density at radius 1 is 1.23 bits per heavy atom. The number of carbonyl (C=O) groups excluding carboxylic acids is 1. The van der Waals surface area contributed by atoms with Gasteiger partial charge in [0.05, 0.1) is 6.54 Å². The Labute approximate surface area is 134 Å². The Hall–Kier alpha value is -2.07. The van der Waals surface area contributed by atoms with Crippen LogP contribution in [0.5, 0.6) is 0 Å². The topological polar surface area (TPSA) is 34.0 Å². The molecule has 0 spiro atoms. The van der Waals surface area contributed by atoms with Gasteiger partial charge in [0.15, 0.2) is 0 Å². The van der Waals surface area contributed by atoms with Crippen molar-refractivity contribution in [2.75, 3.05) is 0 Å². The van der Waals surface area contributed by atoms with Gasteiger partial charge < -0.3 is 9.88 Å². The van der Waals surface area contributed by atoms with Gasteiger partial charge in [0.1, 0.15) is 0 Å². The highest BCUT2D eigenvalue weighted by Crippen LogP contribution is 2.22. The summed E-state index contributed by atoms with van der Waals surface area (Å²) in [5.74, 6) is 0.113. The van der Waals surface area contributed by atoms with Crippen LogP contribution in [0.3, 0.4) is 0 Å². The van der Waals surface area contributed by atoms with E-state index < -0.39 is 0 Å². The molecule has 22 heavy (non-hydrogen) atoms. The summed E-state index contributed by atoms with van der Waals surface area (Å²) in [5, 5.41) is 6.28. The lowest BCUT2D eigenvalue weighted by molar-refractivity contribution is -0.121. The molecule has 0 aliphatic rings. The summed E-state index contributed by atoms with van der Waals surface area (Å²) < 4.78 is 2.24. The van der Waals surface area contributed by atoms with E-state index in [1.165, 1.54) is 21.3 Å². The molecule has 0 saturated heterocycles. The minimum Gasteiger partial charge on any atom is -0.351 e. The fourth-order valence-electron chi connectivity index (χ4n) is 2.72. The van der Waals surface area contributed by atoms with E-state index in [1.54, 1.807) is 11.3 Å². The maximum atomic E-state index is 12.0. The van der Waals surface area contributed by atoms with Gasteiger partial charge in [-0.2, -0.15) is 0 Å². The molecule has 0 atom stereocenters. The number of para-hydroxylation sites is 1. The highest BCUT2D eigenvalue weighted by Gasteiger charge is 2.09. The predicted molar refractivity (Wildman–Crippen MR) is 92.1 cm³/mol. The van der Waals surface area contributed by atoms with Crippen LogP contribution in [0.1, 0.15) is 23.8 Å². The quantitative estimate of drug-likeness (QED) is 0.734. The summed E-state index contributed by atoms with van der Waals surface area (Å²) in [5.41, 5.74) is 2.50. The average Bonchev–Trinajstić information content (AvgIpc) is 3.18. The van der Waals surface area contributed by atoms with Crippen molar-refractivity contribution in [2.24, 2.45) is 0 Å². The zero-order chi connectivity index (χ0) is 15.4. The number of rotatable bonds is 6. The summed E-state index contributed by atoms with van der Waals surface area (Å²) in [6, 6.07) is 12.4. The molecule has 0 radical (unpaired) electrons. The molecule has 3 rings (SSSR count). The van der Waals surface area contributed by atoms with Gasteiger partial charge >= 0.3 is 0 Å². The number of hydrogen-bond donors (Lipinski definition) is 1. The molecule has 0 saturated carbocycles. The molecule has 114 valence electrons. The van der Waals surface area contributed by atoms with Gasteiger partial charge in [0.25, 0.3) is 0 Å². The number of aromatic nitrogens is 1. The number of nitrogens with one attached hydrogen (secondary N) is 1. The minimum atomic E-state index is 0.113. The number of nitrogens with zero attached hydrogens (tertiary/aromatic N) is 1. The van der Waals surface area contributed by atoms with Crippen molar-refractivity contribution in [3.63, 3.8) is 0 Å². The van der Waals surface area contributed by atoms with E-state index in [2.05, 4.69) is 47.3 Å². The minimum absolute atomic E-state index is 0.113. The molecular weight excluding hydrogens is 292 g/mol. The van der Waals surface area contributed by atoms with Crippen molar-refractivity contribution in [3.05, 3.63) is 58.4 Å². The first-order valence-electron chi connectivity index (χ1n) is 7.63. The Balaban J connectivity index is 1.62. The number of fused-ring (bicyclic) bond motifs is 1. The van der Waals surface area contributed by atoms with E-state index in [0.29, 0.717) is 13.0 Å². The summed E-state index contributed by atoms with van der Waals surface area (Å²) in [4.78, 5) is 13.2. The van der Waals surface area contributed by atoms with Crippen molar-refractivity contribution < 1.29 is 4.79 Å². The second-order valence-corrected chi connectivity index (χ2v) is 6.35. The molecule has 3 nitrogen and oxygen atoms in total. The van der Waals surface area contributed by atoms with Crippen LogP contribution in [0.2, 0.25) is 0 Å². The molecule has 0 aliphatic carbocycles. The van der Waals surface area contributed by atoms with E-state index in [1.807, 2.05) is 17.5 Å². The van der Waals surface area contributed by atoms with Gasteiger partial charge in [-0.05, 0) is 36.4 Å². The summed E-state index contributed by atoms with van der Waals surface area (Å²) in [6.07, 6.45) is 3.49. The van der Waals surface area contributed by atoms with Crippen molar-refractivity contribution >= 4 is 28.1 Å². The molecule has 0 unspecified atom stereocenters. The molecule has 0 bridgehead atoms. The monoisotopic (exact) mass is 312 g/mol.